The number of anilines is 2. The normalized spacial score (nSPS) is 18.1. The number of rotatable bonds is 2. The molecule has 1 unspecified atom stereocenters. The maximum Gasteiger partial charge on any atom is 0.267 e. The molecule has 1 aliphatic rings. The van der Waals surface area contributed by atoms with Crippen LogP contribution in [0.15, 0.2) is 24.3 Å². The predicted octanol–water partition coefficient (Wildman–Crippen LogP) is 1.41. The minimum atomic E-state index is -0.538. The Kier molecular flexibility index (Phi) is 3.01. The van der Waals surface area contributed by atoms with Gasteiger partial charge in [-0.25, -0.2) is 5.48 Å². The highest BCUT2D eigenvalue weighted by atomic mass is 16.5. The van der Waals surface area contributed by atoms with Crippen molar-refractivity contribution in [1.82, 2.24) is 5.48 Å². The smallest absolute Gasteiger partial charge is 0.267 e. The molecule has 5 heteroatoms. The van der Waals surface area contributed by atoms with Gasteiger partial charge in [-0.15, -0.1) is 0 Å². The number of hydrogen-bond donors (Lipinski definition) is 3. The fourth-order valence-corrected chi connectivity index (χ4v) is 1.82. The molecule has 2 rings (SSSR count). The molecule has 1 heterocycles. The second-order valence-corrected chi connectivity index (χ2v) is 4.02. The number of benzene rings is 1. The van der Waals surface area contributed by atoms with Gasteiger partial charge in [-0.2, -0.15) is 0 Å². The molecule has 0 bridgehead atoms. The SMILES string of the molecule is CC1Nc2cc(/C=C/C(=O)NO)ccc2N1C. The number of fused-ring (bicyclic) bond motifs is 1. The Balaban J connectivity index is 2.22. The Bertz CT molecular complexity index is 471. The number of carbonyl (C=O) groups excluding carboxylic acids is 1. The largest absolute Gasteiger partial charge is 0.364 e. The quantitative estimate of drug-likeness (QED) is 0.410. The Morgan fingerprint density at radius 1 is 1.59 bits per heavy atom. The van der Waals surface area contributed by atoms with Crippen LogP contribution in [0.5, 0.6) is 0 Å². The second kappa shape index (κ2) is 4.47. The summed E-state index contributed by atoms with van der Waals surface area (Å²) in [5.41, 5.74) is 4.64. The molecule has 1 aromatic carbocycles. The fraction of sp³-hybridized carbons (Fsp3) is 0.250. The van der Waals surface area contributed by atoms with Crippen LogP contribution in [0.4, 0.5) is 11.4 Å². The summed E-state index contributed by atoms with van der Waals surface area (Å²) < 4.78 is 0. The highest BCUT2D eigenvalue weighted by Gasteiger charge is 2.21. The first kappa shape index (κ1) is 11.5. The minimum Gasteiger partial charge on any atom is -0.364 e. The van der Waals surface area contributed by atoms with Crippen molar-refractivity contribution in [3.8, 4) is 0 Å². The second-order valence-electron chi connectivity index (χ2n) is 4.02. The molecule has 1 aromatic rings. The summed E-state index contributed by atoms with van der Waals surface area (Å²) in [4.78, 5) is 13.0. The van der Waals surface area contributed by atoms with E-state index in [0.717, 1.165) is 16.9 Å². The summed E-state index contributed by atoms with van der Waals surface area (Å²) in [6.45, 7) is 2.08. The van der Waals surface area contributed by atoms with Gasteiger partial charge in [-0.1, -0.05) is 6.07 Å². The number of amides is 1. The lowest BCUT2D eigenvalue weighted by Gasteiger charge is -2.16. The monoisotopic (exact) mass is 233 g/mol. The predicted molar refractivity (Wildman–Crippen MR) is 66.9 cm³/mol. The Morgan fingerprint density at radius 3 is 3.06 bits per heavy atom. The van der Waals surface area contributed by atoms with Gasteiger partial charge in [0.15, 0.2) is 0 Å². The van der Waals surface area contributed by atoms with Gasteiger partial charge in [0.1, 0.15) is 0 Å². The maximum absolute atomic E-state index is 10.9. The van der Waals surface area contributed by atoms with Crippen LogP contribution in [-0.4, -0.2) is 24.3 Å². The molecule has 0 spiro atoms. The third kappa shape index (κ3) is 2.24. The van der Waals surface area contributed by atoms with E-state index in [1.54, 1.807) is 11.6 Å². The van der Waals surface area contributed by atoms with Crippen molar-refractivity contribution < 1.29 is 10.0 Å². The summed E-state index contributed by atoms with van der Waals surface area (Å²) >= 11 is 0. The number of hydrogen-bond acceptors (Lipinski definition) is 4. The molecule has 1 amide bonds. The van der Waals surface area contributed by atoms with Crippen molar-refractivity contribution in [3.63, 3.8) is 0 Å². The molecule has 3 N–H and O–H groups in total. The van der Waals surface area contributed by atoms with Gasteiger partial charge in [0.05, 0.1) is 17.5 Å². The molecule has 0 fully saturated rings. The van der Waals surface area contributed by atoms with Crippen LogP contribution in [0.2, 0.25) is 0 Å². The summed E-state index contributed by atoms with van der Waals surface area (Å²) in [6.07, 6.45) is 3.20. The lowest BCUT2D eigenvalue weighted by Crippen LogP contribution is -2.28. The first-order chi connectivity index (χ1) is 8.11. The van der Waals surface area contributed by atoms with E-state index in [-0.39, 0.29) is 6.17 Å². The summed E-state index contributed by atoms with van der Waals surface area (Å²) in [7, 11) is 2.03. The molecule has 1 atom stereocenters. The third-order valence-electron chi connectivity index (χ3n) is 2.88. The molecule has 17 heavy (non-hydrogen) atoms. The lowest BCUT2D eigenvalue weighted by molar-refractivity contribution is -0.124. The van der Waals surface area contributed by atoms with Crippen LogP contribution in [0, 0.1) is 0 Å². The van der Waals surface area contributed by atoms with Crippen molar-refractivity contribution in [2.45, 2.75) is 13.1 Å². The van der Waals surface area contributed by atoms with Crippen LogP contribution < -0.4 is 15.7 Å². The average Bonchev–Trinajstić information content (AvgIpc) is 2.62. The van der Waals surface area contributed by atoms with Gasteiger partial charge in [0.25, 0.3) is 5.91 Å². The molecular weight excluding hydrogens is 218 g/mol. The molecule has 0 radical (unpaired) electrons. The van der Waals surface area contributed by atoms with Gasteiger partial charge in [0.2, 0.25) is 0 Å². The molecule has 5 nitrogen and oxygen atoms in total. The van der Waals surface area contributed by atoms with E-state index in [9.17, 15) is 4.79 Å². The molecular formula is C12H15N3O2. The fourth-order valence-electron chi connectivity index (χ4n) is 1.82. The van der Waals surface area contributed by atoms with E-state index in [2.05, 4.69) is 17.1 Å². The van der Waals surface area contributed by atoms with Gasteiger partial charge in [-0.3, -0.25) is 10.0 Å². The Morgan fingerprint density at radius 2 is 2.35 bits per heavy atom. The molecule has 1 aliphatic heterocycles. The molecule has 90 valence electrons. The van der Waals surface area contributed by atoms with Crippen molar-refractivity contribution in [3.05, 3.63) is 29.8 Å². The zero-order valence-corrected chi connectivity index (χ0v) is 9.77. The maximum atomic E-state index is 10.9. The van der Waals surface area contributed by atoms with Gasteiger partial charge in [-0.05, 0) is 30.7 Å². The zero-order chi connectivity index (χ0) is 12.4. The summed E-state index contributed by atoms with van der Waals surface area (Å²) in [5.74, 6) is -0.538. The number of nitrogens with one attached hydrogen (secondary N) is 2. The van der Waals surface area contributed by atoms with E-state index in [4.69, 9.17) is 5.21 Å². The van der Waals surface area contributed by atoms with Gasteiger partial charge >= 0.3 is 0 Å². The average molecular weight is 233 g/mol. The first-order valence-corrected chi connectivity index (χ1v) is 5.37. The van der Waals surface area contributed by atoms with Gasteiger partial charge in [0, 0.05) is 13.1 Å². The highest BCUT2D eigenvalue weighted by molar-refractivity contribution is 5.91. The van der Waals surface area contributed by atoms with Crippen molar-refractivity contribution >= 4 is 23.4 Å². The molecule has 0 aromatic heterocycles. The van der Waals surface area contributed by atoms with E-state index in [0.29, 0.717) is 0 Å². The Hall–Kier alpha value is -2.01. The van der Waals surface area contributed by atoms with Crippen LogP contribution in [0.1, 0.15) is 12.5 Å². The van der Waals surface area contributed by atoms with Crippen molar-refractivity contribution in [1.29, 1.82) is 0 Å². The number of carbonyl (C=O) groups is 1. The minimum absolute atomic E-state index is 0.268. The van der Waals surface area contributed by atoms with E-state index in [1.165, 1.54) is 6.08 Å². The zero-order valence-electron chi connectivity index (χ0n) is 9.77. The molecule has 0 aliphatic carbocycles. The van der Waals surface area contributed by atoms with Crippen LogP contribution in [0.3, 0.4) is 0 Å². The third-order valence-corrected chi connectivity index (χ3v) is 2.88. The van der Waals surface area contributed by atoms with Crippen molar-refractivity contribution in [2.24, 2.45) is 0 Å². The molecule has 0 saturated heterocycles. The number of hydroxylamine groups is 1. The van der Waals surface area contributed by atoms with E-state index < -0.39 is 5.91 Å². The van der Waals surface area contributed by atoms with Crippen LogP contribution in [-0.2, 0) is 4.79 Å². The van der Waals surface area contributed by atoms with Crippen LogP contribution in [0.25, 0.3) is 6.08 Å². The van der Waals surface area contributed by atoms with Gasteiger partial charge < -0.3 is 10.2 Å². The summed E-state index contributed by atoms with van der Waals surface area (Å²) in [5, 5.41) is 11.7. The van der Waals surface area contributed by atoms with Crippen LogP contribution >= 0.6 is 0 Å². The van der Waals surface area contributed by atoms with E-state index in [1.807, 2.05) is 25.2 Å². The first-order valence-electron chi connectivity index (χ1n) is 5.37. The lowest BCUT2D eigenvalue weighted by atomic mass is 10.1. The standard InChI is InChI=1S/C12H15N3O2/c1-8-13-10-7-9(4-6-12(16)14-17)3-5-11(10)15(8)2/h3-8,13,17H,1-2H3,(H,14,16)/b6-4+. The van der Waals surface area contributed by atoms with Crippen molar-refractivity contribution in [2.75, 3.05) is 17.3 Å². The summed E-state index contributed by atoms with van der Waals surface area (Å²) in [6, 6.07) is 5.90. The topological polar surface area (TPSA) is 64.6 Å². The molecule has 0 saturated carbocycles. The Labute approximate surface area is 99.7 Å². The highest BCUT2D eigenvalue weighted by Crippen LogP contribution is 2.34. The van der Waals surface area contributed by atoms with E-state index >= 15 is 0 Å². The number of nitrogens with zero attached hydrogens (tertiary/aromatic N) is 1.